The van der Waals surface area contributed by atoms with Crippen LogP contribution in [0.2, 0.25) is 0 Å². The maximum Gasteiger partial charge on any atom is 0.207 e. The van der Waals surface area contributed by atoms with E-state index in [0.717, 1.165) is 32.1 Å². The molecule has 1 fully saturated rings. The summed E-state index contributed by atoms with van der Waals surface area (Å²) in [4.78, 5) is 8.02. The average Bonchev–Trinajstić information content (AvgIpc) is 2.77. The molecule has 7 nitrogen and oxygen atoms in total. The van der Waals surface area contributed by atoms with Gasteiger partial charge in [-0.3, -0.25) is 4.98 Å². The summed E-state index contributed by atoms with van der Waals surface area (Å²) < 4.78 is 6.33. The zero-order chi connectivity index (χ0) is 20.3. The first-order valence-corrected chi connectivity index (χ1v) is 9.72. The molecule has 0 saturated heterocycles. The first kappa shape index (κ1) is 18.9. The first-order chi connectivity index (χ1) is 14.2. The number of hydrogen-bond donors (Lipinski definition) is 2. The zero-order valence-corrected chi connectivity index (χ0v) is 15.9. The molecule has 0 radical (unpaired) electrons. The van der Waals surface area contributed by atoms with Gasteiger partial charge in [0.2, 0.25) is 6.19 Å². The van der Waals surface area contributed by atoms with Crippen LogP contribution in [0, 0.1) is 22.8 Å². The largest absolute Gasteiger partial charge is 0.484 e. The lowest BCUT2D eigenvalue weighted by molar-refractivity contribution is -0.104. The Hall–Kier alpha value is -3.42. The summed E-state index contributed by atoms with van der Waals surface area (Å²) in [6, 6.07) is 10.3. The van der Waals surface area contributed by atoms with Crippen LogP contribution in [0.5, 0.6) is 5.75 Å². The number of ether oxygens (including phenoxy) is 1. The van der Waals surface area contributed by atoms with Crippen LogP contribution in [-0.2, 0) is 0 Å². The number of aliphatic hydroxyl groups is 1. The molecule has 1 aromatic carbocycles. The predicted octanol–water partition coefficient (Wildman–Crippen LogP) is 2.97. The summed E-state index contributed by atoms with van der Waals surface area (Å²) in [5.41, 5.74) is 1.11. The van der Waals surface area contributed by atoms with Crippen molar-refractivity contribution in [3.05, 3.63) is 59.4 Å². The number of pyridine rings is 1. The predicted molar refractivity (Wildman–Crippen MR) is 106 cm³/mol. The van der Waals surface area contributed by atoms with E-state index < -0.39 is 17.7 Å². The molecule has 0 bridgehead atoms. The van der Waals surface area contributed by atoms with Gasteiger partial charge in [0.05, 0.1) is 17.7 Å². The van der Waals surface area contributed by atoms with Crippen molar-refractivity contribution in [1.82, 2.24) is 10.3 Å². The molecule has 1 saturated carbocycles. The summed E-state index contributed by atoms with van der Waals surface area (Å²) in [5.74, 6) is 0.974. The zero-order valence-electron chi connectivity index (χ0n) is 15.9. The van der Waals surface area contributed by atoms with Crippen molar-refractivity contribution in [2.75, 3.05) is 0 Å². The number of hydrogen-bond acceptors (Lipinski definition) is 6. The Bertz CT molecular complexity index is 1000. The van der Waals surface area contributed by atoms with Crippen LogP contribution in [0.15, 0.2) is 47.7 Å². The van der Waals surface area contributed by atoms with Gasteiger partial charge in [-0.05, 0) is 56.0 Å². The third kappa shape index (κ3) is 3.53. The Balaban J connectivity index is 1.78. The lowest BCUT2D eigenvalue weighted by Crippen LogP contribution is -2.57. The van der Waals surface area contributed by atoms with Gasteiger partial charge in [-0.25, -0.2) is 0 Å². The molecule has 1 spiro atoms. The Labute approximate surface area is 169 Å². The molecule has 1 aliphatic heterocycles. The number of amidine groups is 1. The number of nitriles is 2. The standard InChI is InChI=1S/C22H21N5O2/c23-12-15-6-7-18-17(11-15)19(20(28)22(29-18)8-2-1-3-9-22)27-21(26-14-24)16-5-4-10-25-13-16/h4-7,10-11,13,19-20,28H,1-3,8-9H2,(H,26,27)/t19?,20-/m1/s1. The first-order valence-electron chi connectivity index (χ1n) is 9.72. The van der Waals surface area contributed by atoms with Crippen molar-refractivity contribution in [3.8, 4) is 18.0 Å². The molecule has 29 heavy (non-hydrogen) atoms. The van der Waals surface area contributed by atoms with E-state index in [-0.39, 0.29) is 0 Å². The van der Waals surface area contributed by atoms with Gasteiger partial charge in [0, 0.05) is 23.5 Å². The number of nitrogens with one attached hydrogen (secondary N) is 1. The fourth-order valence-electron chi connectivity index (χ4n) is 4.29. The van der Waals surface area contributed by atoms with Crippen LogP contribution in [0.25, 0.3) is 0 Å². The summed E-state index contributed by atoms with van der Waals surface area (Å²) in [5, 5.41) is 33.2. The molecule has 0 amide bonds. The lowest BCUT2D eigenvalue weighted by Gasteiger charge is -2.48. The molecule has 2 aromatic rings. The SMILES string of the molecule is N#CN=C(NC1c2cc(C#N)ccc2OC2(CCCCC2)[C@@H]1O)c1cccnc1. The van der Waals surface area contributed by atoms with Gasteiger partial charge in [0.15, 0.2) is 0 Å². The number of aliphatic hydroxyl groups excluding tert-OH is 1. The fraction of sp³-hybridized carbons (Fsp3) is 0.364. The second-order valence-corrected chi connectivity index (χ2v) is 7.46. The lowest BCUT2D eigenvalue weighted by atomic mass is 9.74. The van der Waals surface area contributed by atoms with Crippen molar-refractivity contribution >= 4 is 5.84 Å². The number of aromatic nitrogens is 1. The van der Waals surface area contributed by atoms with Gasteiger partial charge in [0.25, 0.3) is 0 Å². The van der Waals surface area contributed by atoms with Gasteiger partial charge in [-0.15, -0.1) is 0 Å². The van der Waals surface area contributed by atoms with Gasteiger partial charge in [-0.1, -0.05) is 6.42 Å². The van der Waals surface area contributed by atoms with E-state index in [4.69, 9.17) is 4.74 Å². The molecule has 1 aromatic heterocycles. The van der Waals surface area contributed by atoms with E-state index in [2.05, 4.69) is 21.4 Å². The van der Waals surface area contributed by atoms with Crippen LogP contribution in [0.3, 0.4) is 0 Å². The average molecular weight is 387 g/mol. The highest BCUT2D eigenvalue weighted by Gasteiger charge is 2.50. The second-order valence-electron chi connectivity index (χ2n) is 7.46. The molecule has 2 N–H and O–H groups in total. The van der Waals surface area contributed by atoms with Crippen LogP contribution >= 0.6 is 0 Å². The molecule has 7 heteroatoms. The van der Waals surface area contributed by atoms with Gasteiger partial charge in [-0.2, -0.15) is 15.5 Å². The summed E-state index contributed by atoms with van der Waals surface area (Å²) in [6.07, 6.45) is 8.81. The van der Waals surface area contributed by atoms with Crippen molar-refractivity contribution in [2.24, 2.45) is 4.99 Å². The van der Waals surface area contributed by atoms with Gasteiger partial charge >= 0.3 is 0 Å². The molecule has 2 heterocycles. The Kier molecular flexibility index (Phi) is 5.16. The second kappa shape index (κ2) is 7.90. The van der Waals surface area contributed by atoms with E-state index in [9.17, 15) is 15.6 Å². The van der Waals surface area contributed by atoms with E-state index in [1.165, 1.54) is 0 Å². The molecular formula is C22H21N5O2. The minimum absolute atomic E-state index is 0.325. The quantitative estimate of drug-likeness (QED) is 0.465. The van der Waals surface area contributed by atoms with E-state index in [0.29, 0.717) is 28.3 Å². The Morgan fingerprint density at radius 3 is 2.76 bits per heavy atom. The molecule has 1 aliphatic carbocycles. The number of rotatable bonds is 2. The molecule has 1 unspecified atom stereocenters. The highest BCUT2D eigenvalue weighted by atomic mass is 16.5. The minimum atomic E-state index is -0.857. The number of benzene rings is 1. The third-order valence-corrected chi connectivity index (χ3v) is 5.73. The molecule has 2 atom stereocenters. The van der Waals surface area contributed by atoms with Crippen molar-refractivity contribution in [3.63, 3.8) is 0 Å². The number of nitrogens with zero attached hydrogens (tertiary/aromatic N) is 4. The monoisotopic (exact) mass is 387 g/mol. The summed E-state index contributed by atoms with van der Waals surface area (Å²) in [6.45, 7) is 0. The maximum absolute atomic E-state index is 11.4. The smallest absolute Gasteiger partial charge is 0.207 e. The van der Waals surface area contributed by atoms with Crippen LogP contribution in [0.4, 0.5) is 0 Å². The summed E-state index contributed by atoms with van der Waals surface area (Å²) in [7, 11) is 0. The number of fused-ring (bicyclic) bond motifs is 1. The molecular weight excluding hydrogens is 366 g/mol. The molecule has 2 aliphatic rings. The van der Waals surface area contributed by atoms with Crippen LogP contribution in [-0.4, -0.2) is 27.6 Å². The van der Waals surface area contributed by atoms with Gasteiger partial charge in [0.1, 0.15) is 23.3 Å². The normalized spacial score (nSPS) is 22.7. The highest BCUT2D eigenvalue weighted by molar-refractivity contribution is 5.99. The van der Waals surface area contributed by atoms with Crippen LogP contribution in [0.1, 0.15) is 54.8 Å². The van der Waals surface area contributed by atoms with E-state index in [1.54, 1.807) is 42.7 Å². The summed E-state index contributed by atoms with van der Waals surface area (Å²) >= 11 is 0. The highest BCUT2D eigenvalue weighted by Crippen LogP contribution is 2.46. The van der Waals surface area contributed by atoms with Crippen molar-refractivity contribution in [2.45, 2.75) is 49.9 Å². The minimum Gasteiger partial charge on any atom is -0.484 e. The molecule has 146 valence electrons. The Morgan fingerprint density at radius 2 is 2.07 bits per heavy atom. The third-order valence-electron chi connectivity index (χ3n) is 5.73. The topological polar surface area (TPSA) is 114 Å². The Morgan fingerprint density at radius 1 is 1.24 bits per heavy atom. The number of aliphatic imine (C=N–C) groups is 1. The van der Waals surface area contributed by atoms with Crippen molar-refractivity contribution in [1.29, 1.82) is 10.5 Å². The van der Waals surface area contributed by atoms with Crippen molar-refractivity contribution < 1.29 is 9.84 Å². The maximum atomic E-state index is 11.4. The van der Waals surface area contributed by atoms with E-state index in [1.807, 2.05) is 6.19 Å². The molecule has 4 rings (SSSR count). The van der Waals surface area contributed by atoms with Gasteiger partial charge < -0.3 is 15.2 Å². The fourth-order valence-corrected chi connectivity index (χ4v) is 4.29. The van der Waals surface area contributed by atoms with Crippen LogP contribution < -0.4 is 10.1 Å². The van der Waals surface area contributed by atoms with E-state index >= 15 is 0 Å².